The SMILES string of the molecule is COc1ccc(S(=O)(=O)N(C)CC(=O)Nc2cccc([N+](=O)[O-])c2)cc1OC. The number of carbonyl (C=O) groups excluding carboxylic acids is 1. The van der Waals surface area contributed by atoms with E-state index >= 15 is 0 Å². The van der Waals surface area contributed by atoms with Gasteiger partial charge in [0, 0.05) is 30.9 Å². The average Bonchev–Trinajstić information content (AvgIpc) is 2.67. The lowest BCUT2D eigenvalue weighted by Gasteiger charge is -2.18. The molecule has 0 bridgehead atoms. The van der Waals surface area contributed by atoms with Gasteiger partial charge in [-0.2, -0.15) is 4.31 Å². The zero-order chi connectivity index (χ0) is 20.9. The Labute approximate surface area is 161 Å². The topological polar surface area (TPSA) is 128 Å². The maximum atomic E-state index is 12.7. The third kappa shape index (κ3) is 4.75. The van der Waals surface area contributed by atoms with E-state index in [-0.39, 0.29) is 22.0 Å². The molecule has 28 heavy (non-hydrogen) atoms. The number of benzene rings is 2. The zero-order valence-corrected chi connectivity index (χ0v) is 16.2. The van der Waals surface area contributed by atoms with E-state index in [1.807, 2.05) is 0 Å². The van der Waals surface area contributed by atoms with Crippen molar-refractivity contribution >= 4 is 27.3 Å². The Morgan fingerprint density at radius 3 is 2.43 bits per heavy atom. The molecule has 0 saturated carbocycles. The number of hydrogen-bond donors (Lipinski definition) is 1. The van der Waals surface area contributed by atoms with Gasteiger partial charge < -0.3 is 14.8 Å². The molecule has 0 aromatic heterocycles. The molecular formula is C17H19N3O7S. The molecule has 0 fully saturated rings. The van der Waals surface area contributed by atoms with Gasteiger partial charge in [-0.3, -0.25) is 14.9 Å². The van der Waals surface area contributed by atoms with Crippen molar-refractivity contribution in [2.75, 3.05) is 33.1 Å². The minimum absolute atomic E-state index is 0.0733. The largest absolute Gasteiger partial charge is 0.493 e. The lowest BCUT2D eigenvalue weighted by atomic mass is 10.3. The van der Waals surface area contributed by atoms with E-state index in [0.29, 0.717) is 5.75 Å². The van der Waals surface area contributed by atoms with Gasteiger partial charge in [-0.25, -0.2) is 8.42 Å². The van der Waals surface area contributed by atoms with E-state index < -0.39 is 27.4 Å². The van der Waals surface area contributed by atoms with Crippen LogP contribution in [0.5, 0.6) is 11.5 Å². The van der Waals surface area contributed by atoms with Crippen LogP contribution in [0.15, 0.2) is 47.4 Å². The van der Waals surface area contributed by atoms with Gasteiger partial charge in [-0.05, 0) is 18.2 Å². The van der Waals surface area contributed by atoms with Gasteiger partial charge in [0.2, 0.25) is 15.9 Å². The van der Waals surface area contributed by atoms with Crippen LogP contribution < -0.4 is 14.8 Å². The van der Waals surface area contributed by atoms with Crippen molar-refractivity contribution in [1.82, 2.24) is 4.31 Å². The number of rotatable bonds is 8. The summed E-state index contributed by atoms with van der Waals surface area (Å²) < 4.78 is 36.4. The first kappa shape index (κ1) is 21.1. The maximum absolute atomic E-state index is 12.7. The molecule has 1 amide bonds. The van der Waals surface area contributed by atoms with Crippen molar-refractivity contribution in [3.05, 3.63) is 52.6 Å². The Balaban J connectivity index is 2.14. The first-order valence-corrected chi connectivity index (χ1v) is 9.35. The summed E-state index contributed by atoms with van der Waals surface area (Å²) in [5.74, 6) is -0.0439. The van der Waals surface area contributed by atoms with E-state index in [0.717, 1.165) is 4.31 Å². The Morgan fingerprint density at radius 2 is 1.82 bits per heavy atom. The van der Waals surface area contributed by atoms with Gasteiger partial charge in [0.05, 0.1) is 30.6 Å². The van der Waals surface area contributed by atoms with Gasteiger partial charge in [-0.1, -0.05) is 6.07 Å². The number of methoxy groups -OCH3 is 2. The third-order valence-corrected chi connectivity index (χ3v) is 5.57. The second-order valence-electron chi connectivity index (χ2n) is 5.63. The summed E-state index contributed by atoms with van der Waals surface area (Å²) in [5, 5.41) is 13.2. The highest BCUT2D eigenvalue weighted by Crippen LogP contribution is 2.30. The first-order chi connectivity index (χ1) is 13.2. The molecule has 0 unspecified atom stereocenters. The van der Waals surface area contributed by atoms with Crippen LogP contribution in [0.3, 0.4) is 0 Å². The van der Waals surface area contributed by atoms with Crippen LogP contribution in [-0.2, 0) is 14.8 Å². The molecule has 10 nitrogen and oxygen atoms in total. The minimum atomic E-state index is -3.98. The fourth-order valence-electron chi connectivity index (χ4n) is 2.34. The molecule has 0 aliphatic heterocycles. The smallest absolute Gasteiger partial charge is 0.271 e. The zero-order valence-electron chi connectivity index (χ0n) is 15.4. The summed E-state index contributed by atoms with van der Waals surface area (Å²) in [7, 11) is 0.0787. The number of nitro groups is 1. The third-order valence-electron chi connectivity index (χ3n) is 3.77. The van der Waals surface area contributed by atoms with Crippen LogP contribution >= 0.6 is 0 Å². The van der Waals surface area contributed by atoms with Crippen molar-refractivity contribution in [2.24, 2.45) is 0 Å². The number of nitrogens with one attached hydrogen (secondary N) is 1. The van der Waals surface area contributed by atoms with Gasteiger partial charge in [-0.15, -0.1) is 0 Å². The fraction of sp³-hybridized carbons (Fsp3) is 0.235. The highest BCUT2D eigenvalue weighted by atomic mass is 32.2. The van der Waals surface area contributed by atoms with Crippen molar-refractivity contribution < 1.29 is 27.6 Å². The molecule has 1 N–H and O–H groups in total. The normalized spacial score (nSPS) is 11.1. The highest BCUT2D eigenvalue weighted by molar-refractivity contribution is 7.89. The summed E-state index contributed by atoms with van der Waals surface area (Å²) in [6.07, 6.45) is 0. The molecule has 0 saturated heterocycles. The van der Waals surface area contributed by atoms with Gasteiger partial charge in [0.15, 0.2) is 11.5 Å². The van der Waals surface area contributed by atoms with E-state index in [1.54, 1.807) is 0 Å². The molecule has 0 aliphatic rings. The van der Waals surface area contributed by atoms with E-state index in [2.05, 4.69) is 5.32 Å². The Bertz CT molecular complexity index is 992. The average molecular weight is 409 g/mol. The Hall–Kier alpha value is -3.18. The number of ether oxygens (including phenoxy) is 2. The van der Waals surface area contributed by atoms with Gasteiger partial charge in [0.25, 0.3) is 5.69 Å². The van der Waals surface area contributed by atoms with E-state index in [1.165, 1.54) is 63.7 Å². The molecule has 0 heterocycles. The standard InChI is InChI=1S/C17H19N3O7S/c1-19(11-17(21)18-12-5-4-6-13(9-12)20(22)23)28(24,25)14-7-8-15(26-2)16(10-14)27-3/h4-10H,11H2,1-3H3,(H,18,21). The van der Waals surface area contributed by atoms with Crippen molar-refractivity contribution in [1.29, 1.82) is 0 Å². The molecule has 2 aromatic carbocycles. The molecule has 150 valence electrons. The minimum Gasteiger partial charge on any atom is -0.493 e. The van der Waals surface area contributed by atoms with Gasteiger partial charge >= 0.3 is 0 Å². The van der Waals surface area contributed by atoms with Crippen LogP contribution in [0.4, 0.5) is 11.4 Å². The predicted octanol–water partition coefficient (Wildman–Crippen LogP) is 1.87. The summed E-state index contributed by atoms with van der Waals surface area (Å²) in [6, 6.07) is 9.42. The number of nitro benzene ring substituents is 1. The number of sulfonamides is 1. The lowest BCUT2D eigenvalue weighted by molar-refractivity contribution is -0.384. The number of non-ortho nitro benzene ring substituents is 1. The molecule has 2 aromatic rings. The van der Waals surface area contributed by atoms with E-state index in [4.69, 9.17) is 9.47 Å². The summed E-state index contributed by atoms with van der Waals surface area (Å²) in [5.41, 5.74) is 0.000202. The van der Waals surface area contributed by atoms with E-state index in [9.17, 15) is 23.3 Å². The number of carbonyl (C=O) groups is 1. The van der Waals surface area contributed by atoms with Gasteiger partial charge in [0.1, 0.15) is 0 Å². The number of anilines is 1. The van der Waals surface area contributed by atoms with Crippen LogP contribution in [0, 0.1) is 10.1 Å². The van der Waals surface area contributed by atoms with Crippen molar-refractivity contribution in [2.45, 2.75) is 4.90 Å². The van der Waals surface area contributed by atoms with Crippen molar-refractivity contribution in [3.8, 4) is 11.5 Å². The van der Waals surface area contributed by atoms with Crippen LogP contribution in [0.1, 0.15) is 0 Å². The molecule has 2 rings (SSSR count). The molecule has 0 spiro atoms. The Kier molecular flexibility index (Phi) is 6.54. The number of nitrogens with zero attached hydrogens (tertiary/aromatic N) is 2. The van der Waals surface area contributed by atoms with Crippen LogP contribution in [0.25, 0.3) is 0 Å². The fourth-order valence-corrected chi connectivity index (χ4v) is 3.48. The highest BCUT2D eigenvalue weighted by Gasteiger charge is 2.24. The summed E-state index contributed by atoms with van der Waals surface area (Å²) in [6.45, 7) is -0.487. The first-order valence-electron chi connectivity index (χ1n) is 7.91. The molecule has 0 atom stereocenters. The van der Waals surface area contributed by atoms with Crippen LogP contribution in [0.2, 0.25) is 0 Å². The second kappa shape index (κ2) is 8.67. The number of amides is 1. The quantitative estimate of drug-likeness (QED) is 0.521. The molecular weight excluding hydrogens is 390 g/mol. The Morgan fingerprint density at radius 1 is 1.14 bits per heavy atom. The van der Waals surface area contributed by atoms with Crippen LogP contribution in [-0.4, -0.2) is 51.4 Å². The molecule has 0 radical (unpaired) electrons. The molecule has 0 aliphatic carbocycles. The second-order valence-corrected chi connectivity index (χ2v) is 7.68. The summed E-state index contributed by atoms with van der Waals surface area (Å²) >= 11 is 0. The lowest BCUT2D eigenvalue weighted by Crippen LogP contribution is -2.35. The maximum Gasteiger partial charge on any atom is 0.271 e. The number of hydrogen-bond acceptors (Lipinski definition) is 7. The molecule has 11 heteroatoms. The monoisotopic (exact) mass is 409 g/mol. The van der Waals surface area contributed by atoms with Crippen molar-refractivity contribution in [3.63, 3.8) is 0 Å². The number of likely N-dealkylation sites (N-methyl/N-ethyl adjacent to an activating group) is 1. The predicted molar refractivity (Wildman–Crippen MR) is 101 cm³/mol. The summed E-state index contributed by atoms with van der Waals surface area (Å²) in [4.78, 5) is 22.3.